The highest BCUT2D eigenvalue weighted by Gasteiger charge is 2.17. The third-order valence-corrected chi connectivity index (χ3v) is 3.33. The molecule has 2 unspecified atom stereocenters. The second-order valence-corrected chi connectivity index (χ2v) is 5.01. The normalized spacial score (nSPS) is 20.1. The number of hydrogen-bond donors (Lipinski definition) is 1. The van der Waals surface area contributed by atoms with Gasteiger partial charge in [0, 0.05) is 6.61 Å². The summed E-state index contributed by atoms with van der Waals surface area (Å²) in [4.78, 5) is 0. The molecular weight excluding hydrogens is 236 g/mol. The van der Waals surface area contributed by atoms with E-state index in [0.717, 1.165) is 6.42 Å². The van der Waals surface area contributed by atoms with Gasteiger partial charge in [-0.3, -0.25) is 0 Å². The Labute approximate surface area is 115 Å². The molecule has 19 heavy (non-hydrogen) atoms. The van der Waals surface area contributed by atoms with E-state index in [4.69, 9.17) is 9.84 Å². The highest BCUT2D eigenvalue weighted by Crippen LogP contribution is 2.30. The summed E-state index contributed by atoms with van der Waals surface area (Å²) in [6.45, 7) is 2.97. The van der Waals surface area contributed by atoms with Crippen LogP contribution < -0.4 is 0 Å². The Morgan fingerprint density at radius 3 is 2.74 bits per heavy atom. The molecule has 1 aromatic carbocycles. The Hall–Kier alpha value is -1.38. The van der Waals surface area contributed by atoms with Crippen molar-refractivity contribution in [1.82, 2.24) is 0 Å². The van der Waals surface area contributed by atoms with Gasteiger partial charge in [0.2, 0.25) is 0 Å². The molecule has 2 atom stereocenters. The summed E-state index contributed by atoms with van der Waals surface area (Å²) in [6.07, 6.45) is 8.40. The molecule has 0 saturated carbocycles. The maximum absolute atomic E-state index is 8.89. The van der Waals surface area contributed by atoms with Crippen molar-refractivity contribution in [1.29, 1.82) is 0 Å². The van der Waals surface area contributed by atoms with Gasteiger partial charge in [0.1, 0.15) is 6.10 Å². The van der Waals surface area contributed by atoms with Gasteiger partial charge in [-0.25, -0.2) is 0 Å². The number of rotatable bonds is 6. The van der Waals surface area contributed by atoms with Crippen LogP contribution in [0, 0.1) is 5.92 Å². The molecule has 0 aromatic heterocycles. The monoisotopic (exact) mass is 258 g/mol. The van der Waals surface area contributed by atoms with E-state index in [1.165, 1.54) is 11.1 Å². The van der Waals surface area contributed by atoms with Gasteiger partial charge in [-0.1, -0.05) is 55.5 Å². The number of allylic oxidation sites excluding steroid dienone is 2. The molecule has 1 aliphatic rings. The molecule has 0 spiro atoms. The van der Waals surface area contributed by atoms with E-state index in [9.17, 15) is 0 Å². The lowest BCUT2D eigenvalue weighted by atomic mass is 9.92. The lowest BCUT2D eigenvalue weighted by Gasteiger charge is -2.22. The maximum atomic E-state index is 8.89. The van der Waals surface area contributed by atoms with Crippen LogP contribution in [-0.2, 0) is 4.74 Å². The van der Waals surface area contributed by atoms with Crippen LogP contribution in [-0.4, -0.2) is 18.3 Å². The quantitative estimate of drug-likeness (QED) is 0.789. The molecule has 1 aromatic rings. The van der Waals surface area contributed by atoms with Crippen molar-refractivity contribution in [2.75, 3.05) is 13.2 Å². The molecule has 2 nitrogen and oxygen atoms in total. The van der Waals surface area contributed by atoms with Gasteiger partial charge in [-0.05, 0) is 29.9 Å². The van der Waals surface area contributed by atoms with E-state index in [1.54, 1.807) is 0 Å². The first-order chi connectivity index (χ1) is 9.31. The van der Waals surface area contributed by atoms with E-state index in [2.05, 4.69) is 37.3 Å². The average Bonchev–Trinajstić information content (AvgIpc) is 2.46. The molecule has 0 heterocycles. The smallest absolute Gasteiger partial charge is 0.107 e. The lowest BCUT2D eigenvalue weighted by molar-refractivity contribution is 0.0674. The van der Waals surface area contributed by atoms with Crippen molar-refractivity contribution in [3.8, 4) is 0 Å². The Balaban J connectivity index is 2.13. The molecular formula is C17H22O2. The van der Waals surface area contributed by atoms with Gasteiger partial charge in [0.05, 0.1) is 6.61 Å². The highest BCUT2D eigenvalue weighted by atomic mass is 16.5. The zero-order chi connectivity index (χ0) is 13.5. The highest BCUT2D eigenvalue weighted by molar-refractivity contribution is 5.34. The first-order valence-electron chi connectivity index (χ1n) is 6.97. The summed E-state index contributed by atoms with van der Waals surface area (Å²) in [5, 5.41) is 8.89. The van der Waals surface area contributed by atoms with Gasteiger partial charge >= 0.3 is 0 Å². The largest absolute Gasteiger partial charge is 0.396 e. The fraction of sp³-hybridized carbons (Fsp3) is 0.412. The second-order valence-electron chi connectivity index (χ2n) is 5.01. The number of aliphatic hydroxyl groups excluding tert-OH is 1. The zero-order valence-corrected chi connectivity index (χ0v) is 11.5. The zero-order valence-electron chi connectivity index (χ0n) is 11.5. The van der Waals surface area contributed by atoms with E-state index in [0.29, 0.717) is 18.9 Å². The predicted octanol–water partition coefficient (Wildman–Crippen LogP) is 3.65. The third kappa shape index (κ3) is 4.05. The molecule has 1 N–H and O–H groups in total. The van der Waals surface area contributed by atoms with Crippen LogP contribution in [0.2, 0.25) is 0 Å². The Kier molecular flexibility index (Phi) is 5.37. The van der Waals surface area contributed by atoms with Crippen LogP contribution >= 0.6 is 0 Å². The van der Waals surface area contributed by atoms with Crippen molar-refractivity contribution < 1.29 is 9.84 Å². The van der Waals surface area contributed by atoms with Crippen LogP contribution in [0.1, 0.15) is 31.4 Å². The minimum absolute atomic E-state index is 0.0171. The van der Waals surface area contributed by atoms with Gasteiger partial charge in [-0.2, -0.15) is 0 Å². The number of ether oxygens (including phenoxy) is 1. The molecule has 2 rings (SSSR count). The average molecular weight is 258 g/mol. The number of hydrogen-bond acceptors (Lipinski definition) is 2. The standard InChI is InChI=1S/C17H22O2/c1-14-8-10-16(11-9-14)17(19-13-5-12-18)15-6-3-2-4-7-15/h2-4,6-8,10-11,14,17-18H,5,9,12-13H2,1H3. The van der Waals surface area contributed by atoms with Crippen LogP contribution in [0.25, 0.3) is 0 Å². The molecule has 0 aliphatic heterocycles. The SMILES string of the molecule is CC1C=CC(C(OCCCO)c2ccccc2)=CC1. The molecule has 1 aliphatic carbocycles. The molecule has 0 saturated heterocycles. The van der Waals surface area contributed by atoms with Gasteiger partial charge in [0.25, 0.3) is 0 Å². The van der Waals surface area contributed by atoms with Crippen LogP contribution in [0.15, 0.2) is 54.1 Å². The van der Waals surface area contributed by atoms with Gasteiger partial charge in [-0.15, -0.1) is 0 Å². The number of aliphatic hydroxyl groups is 1. The Morgan fingerprint density at radius 1 is 1.32 bits per heavy atom. The Bertz CT molecular complexity index is 434. The van der Waals surface area contributed by atoms with Crippen molar-refractivity contribution in [2.45, 2.75) is 25.9 Å². The first-order valence-corrected chi connectivity index (χ1v) is 6.97. The predicted molar refractivity (Wildman–Crippen MR) is 77.8 cm³/mol. The fourth-order valence-corrected chi connectivity index (χ4v) is 2.22. The lowest BCUT2D eigenvalue weighted by Crippen LogP contribution is -2.10. The molecule has 2 heteroatoms. The van der Waals surface area contributed by atoms with Gasteiger partial charge < -0.3 is 9.84 Å². The molecule has 0 bridgehead atoms. The van der Waals surface area contributed by atoms with Gasteiger partial charge in [0.15, 0.2) is 0 Å². The topological polar surface area (TPSA) is 29.5 Å². The molecule has 0 fully saturated rings. The fourth-order valence-electron chi connectivity index (χ4n) is 2.22. The van der Waals surface area contributed by atoms with E-state index < -0.39 is 0 Å². The minimum atomic E-state index is -0.0171. The molecule has 102 valence electrons. The van der Waals surface area contributed by atoms with Crippen LogP contribution in [0.3, 0.4) is 0 Å². The van der Waals surface area contributed by atoms with Crippen molar-refractivity contribution >= 4 is 0 Å². The summed E-state index contributed by atoms with van der Waals surface area (Å²) < 4.78 is 5.96. The third-order valence-electron chi connectivity index (χ3n) is 3.33. The van der Waals surface area contributed by atoms with E-state index in [1.807, 2.05) is 18.2 Å². The van der Waals surface area contributed by atoms with Crippen molar-refractivity contribution in [3.63, 3.8) is 0 Å². The molecule has 0 radical (unpaired) electrons. The van der Waals surface area contributed by atoms with Crippen LogP contribution in [0.4, 0.5) is 0 Å². The first kappa shape index (κ1) is 14.0. The molecule has 0 amide bonds. The summed E-state index contributed by atoms with van der Waals surface area (Å²) in [5.41, 5.74) is 2.40. The summed E-state index contributed by atoms with van der Waals surface area (Å²) in [7, 11) is 0. The minimum Gasteiger partial charge on any atom is -0.396 e. The van der Waals surface area contributed by atoms with Crippen molar-refractivity contribution in [3.05, 3.63) is 59.7 Å². The maximum Gasteiger partial charge on any atom is 0.107 e. The summed E-state index contributed by atoms with van der Waals surface area (Å²) in [6, 6.07) is 10.3. The summed E-state index contributed by atoms with van der Waals surface area (Å²) in [5.74, 6) is 0.609. The van der Waals surface area contributed by atoms with Crippen molar-refractivity contribution in [2.24, 2.45) is 5.92 Å². The number of benzene rings is 1. The second kappa shape index (κ2) is 7.27. The van der Waals surface area contributed by atoms with E-state index >= 15 is 0 Å². The van der Waals surface area contributed by atoms with E-state index in [-0.39, 0.29) is 12.7 Å². The summed E-state index contributed by atoms with van der Waals surface area (Å²) >= 11 is 0. The van der Waals surface area contributed by atoms with Crippen LogP contribution in [0.5, 0.6) is 0 Å². The Morgan fingerprint density at radius 2 is 2.11 bits per heavy atom.